The molecule has 2 amide bonds. The summed E-state index contributed by atoms with van der Waals surface area (Å²) in [5.74, 6) is 0.0112. The van der Waals surface area contributed by atoms with Crippen LogP contribution in [0.1, 0.15) is 39.2 Å². The Kier molecular flexibility index (Phi) is 7.13. The first-order valence-electron chi connectivity index (χ1n) is 8.59. The van der Waals surface area contributed by atoms with Crippen molar-refractivity contribution < 1.29 is 9.59 Å². The smallest absolute Gasteiger partial charge is 0.228 e. The molecule has 0 fully saturated rings. The first-order chi connectivity index (χ1) is 12.0. The van der Waals surface area contributed by atoms with Crippen LogP contribution in [0.25, 0.3) is 11.3 Å². The maximum Gasteiger partial charge on any atom is 0.228 e. The normalized spacial score (nSPS) is 11.8. The van der Waals surface area contributed by atoms with Crippen LogP contribution >= 0.6 is 11.3 Å². The lowest BCUT2D eigenvalue weighted by atomic mass is 10.1. The third kappa shape index (κ3) is 5.98. The Morgan fingerprint density at radius 2 is 1.96 bits per heavy atom. The van der Waals surface area contributed by atoms with Crippen molar-refractivity contribution in [1.29, 1.82) is 0 Å². The third-order valence-corrected chi connectivity index (χ3v) is 4.82. The highest BCUT2D eigenvalue weighted by atomic mass is 32.1. The van der Waals surface area contributed by atoms with Crippen LogP contribution in [0, 0.1) is 5.92 Å². The zero-order valence-corrected chi connectivity index (χ0v) is 15.8. The fourth-order valence-electron chi connectivity index (χ4n) is 2.28. The highest BCUT2D eigenvalue weighted by molar-refractivity contribution is 7.14. The van der Waals surface area contributed by atoms with Gasteiger partial charge in [0, 0.05) is 30.3 Å². The van der Waals surface area contributed by atoms with Gasteiger partial charge in [-0.15, -0.1) is 11.3 Å². The van der Waals surface area contributed by atoms with Gasteiger partial charge < -0.3 is 10.6 Å². The molecule has 6 heteroatoms. The fourth-order valence-corrected chi connectivity index (χ4v) is 3.00. The summed E-state index contributed by atoms with van der Waals surface area (Å²) in [6, 6.07) is 8.26. The maximum absolute atomic E-state index is 11.9. The first-order valence-corrected chi connectivity index (χ1v) is 9.47. The SMILES string of the molecule is CCC(C)C(=O)Nc1nc(-c2ccc(CCCNC(C)=O)cc2)cs1. The Morgan fingerprint density at radius 1 is 1.24 bits per heavy atom. The van der Waals surface area contributed by atoms with Gasteiger partial charge >= 0.3 is 0 Å². The van der Waals surface area contributed by atoms with Crippen molar-refractivity contribution in [3.63, 3.8) is 0 Å². The molecule has 0 saturated heterocycles. The van der Waals surface area contributed by atoms with E-state index in [-0.39, 0.29) is 17.7 Å². The van der Waals surface area contributed by atoms with Gasteiger partial charge in [0.15, 0.2) is 5.13 Å². The lowest BCUT2D eigenvalue weighted by molar-refractivity contribution is -0.120. The van der Waals surface area contributed by atoms with Gasteiger partial charge in [0.05, 0.1) is 5.69 Å². The number of aryl methyl sites for hydroxylation is 1. The average Bonchev–Trinajstić information content (AvgIpc) is 3.06. The van der Waals surface area contributed by atoms with Crippen molar-refractivity contribution in [2.24, 2.45) is 5.92 Å². The number of nitrogens with zero attached hydrogens (tertiary/aromatic N) is 1. The number of hydrogen-bond donors (Lipinski definition) is 2. The van der Waals surface area contributed by atoms with E-state index in [4.69, 9.17) is 0 Å². The number of hydrogen-bond acceptors (Lipinski definition) is 4. The Morgan fingerprint density at radius 3 is 2.60 bits per heavy atom. The molecular formula is C19H25N3O2S. The van der Waals surface area contributed by atoms with E-state index in [1.54, 1.807) is 0 Å². The molecule has 2 rings (SSSR count). The minimum absolute atomic E-state index is 0.00936. The second-order valence-corrected chi connectivity index (χ2v) is 6.98. The van der Waals surface area contributed by atoms with Gasteiger partial charge in [-0.05, 0) is 24.8 Å². The molecule has 0 aliphatic rings. The molecule has 1 atom stereocenters. The second kappa shape index (κ2) is 9.32. The van der Waals surface area contributed by atoms with Gasteiger partial charge in [0.2, 0.25) is 11.8 Å². The molecule has 0 bridgehead atoms. The summed E-state index contributed by atoms with van der Waals surface area (Å²) in [6.45, 7) is 6.13. The number of carbonyl (C=O) groups is 2. The summed E-state index contributed by atoms with van der Waals surface area (Å²) in [6.07, 6.45) is 2.66. The average molecular weight is 359 g/mol. The molecule has 1 aromatic carbocycles. The summed E-state index contributed by atoms with van der Waals surface area (Å²) in [5, 5.41) is 8.27. The monoisotopic (exact) mass is 359 g/mol. The number of carbonyl (C=O) groups excluding carboxylic acids is 2. The van der Waals surface area contributed by atoms with E-state index in [0.717, 1.165) is 30.5 Å². The van der Waals surface area contributed by atoms with E-state index in [0.29, 0.717) is 11.7 Å². The number of aromatic nitrogens is 1. The Bertz CT molecular complexity index is 710. The Labute approximate surface area is 152 Å². The molecule has 0 aliphatic heterocycles. The van der Waals surface area contributed by atoms with Crippen molar-refractivity contribution in [2.45, 2.75) is 40.0 Å². The van der Waals surface area contributed by atoms with Crippen molar-refractivity contribution in [2.75, 3.05) is 11.9 Å². The molecule has 0 saturated carbocycles. The molecule has 1 aromatic heterocycles. The minimum atomic E-state index is -0.0101. The topological polar surface area (TPSA) is 71.1 Å². The van der Waals surface area contributed by atoms with Crippen LogP contribution < -0.4 is 10.6 Å². The summed E-state index contributed by atoms with van der Waals surface area (Å²) in [5.41, 5.74) is 3.13. The number of benzene rings is 1. The van der Waals surface area contributed by atoms with Crippen LogP contribution in [-0.2, 0) is 16.0 Å². The zero-order chi connectivity index (χ0) is 18.2. The molecule has 134 valence electrons. The number of anilines is 1. The van der Waals surface area contributed by atoms with Gasteiger partial charge in [0.25, 0.3) is 0 Å². The fraction of sp³-hybridized carbons (Fsp3) is 0.421. The summed E-state index contributed by atoms with van der Waals surface area (Å²) in [4.78, 5) is 27.3. The highest BCUT2D eigenvalue weighted by Gasteiger charge is 2.13. The zero-order valence-electron chi connectivity index (χ0n) is 15.0. The molecule has 5 nitrogen and oxygen atoms in total. The largest absolute Gasteiger partial charge is 0.356 e. The first kappa shape index (κ1) is 19.1. The molecule has 1 heterocycles. The van der Waals surface area contributed by atoms with Crippen molar-refractivity contribution >= 4 is 28.3 Å². The molecule has 2 N–H and O–H groups in total. The van der Waals surface area contributed by atoms with E-state index < -0.39 is 0 Å². The highest BCUT2D eigenvalue weighted by Crippen LogP contribution is 2.25. The molecule has 1 unspecified atom stereocenters. The van der Waals surface area contributed by atoms with E-state index in [1.165, 1.54) is 23.8 Å². The third-order valence-electron chi connectivity index (χ3n) is 4.06. The lowest BCUT2D eigenvalue weighted by Gasteiger charge is -2.06. The summed E-state index contributed by atoms with van der Waals surface area (Å²) < 4.78 is 0. The van der Waals surface area contributed by atoms with Gasteiger partial charge in [-0.25, -0.2) is 4.98 Å². The lowest BCUT2D eigenvalue weighted by Crippen LogP contribution is -2.21. The summed E-state index contributed by atoms with van der Waals surface area (Å²) >= 11 is 1.44. The van der Waals surface area contributed by atoms with Crippen molar-refractivity contribution in [1.82, 2.24) is 10.3 Å². The van der Waals surface area contributed by atoms with E-state index in [2.05, 4.69) is 27.8 Å². The number of nitrogens with one attached hydrogen (secondary N) is 2. The predicted molar refractivity (Wildman–Crippen MR) is 103 cm³/mol. The van der Waals surface area contributed by atoms with Crippen LogP contribution in [0.4, 0.5) is 5.13 Å². The molecule has 2 aromatic rings. The van der Waals surface area contributed by atoms with E-state index in [9.17, 15) is 9.59 Å². The molecular weight excluding hydrogens is 334 g/mol. The Hall–Kier alpha value is -2.21. The van der Waals surface area contributed by atoms with Crippen LogP contribution in [0.5, 0.6) is 0 Å². The maximum atomic E-state index is 11.9. The van der Waals surface area contributed by atoms with Crippen molar-refractivity contribution in [3.05, 3.63) is 35.2 Å². The van der Waals surface area contributed by atoms with Gasteiger partial charge in [-0.3, -0.25) is 9.59 Å². The second-order valence-electron chi connectivity index (χ2n) is 6.12. The number of thiazole rings is 1. The van der Waals surface area contributed by atoms with Crippen LogP contribution in [0.15, 0.2) is 29.6 Å². The minimum Gasteiger partial charge on any atom is -0.356 e. The van der Waals surface area contributed by atoms with Gasteiger partial charge in [-0.2, -0.15) is 0 Å². The Balaban J connectivity index is 1.91. The summed E-state index contributed by atoms with van der Waals surface area (Å²) in [7, 11) is 0. The molecule has 0 radical (unpaired) electrons. The molecule has 25 heavy (non-hydrogen) atoms. The van der Waals surface area contributed by atoms with E-state index in [1.807, 2.05) is 31.4 Å². The standard InChI is InChI=1S/C19H25N3O2S/c1-4-13(2)18(24)22-19-21-17(12-25-19)16-9-7-15(8-10-16)6-5-11-20-14(3)23/h7-10,12-13H,4-6,11H2,1-3H3,(H,20,23)(H,21,22,24). The number of amides is 2. The van der Waals surface area contributed by atoms with Gasteiger partial charge in [0.1, 0.15) is 0 Å². The molecule has 0 aliphatic carbocycles. The quantitative estimate of drug-likeness (QED) is 0.703. The van der Waals surface area contributed by atoms with Crippen LogP contribution in [0.2, 0.25) is 0 Å². The number of rotatable bonds is 8. The molecule has 0 spiro atoms. The predicted octanol–water partition coefficient (Wildman–Crippen LogP) is 3.86. The van der Waals surface area contributed by atoms with Crippen LogP contribution in [0.3, 0.4) is 0 Å². The van der Waals surface area contributed by atoms with E-state index >= 15 is 0 Å². The van der Waals surface area contributed by atoms with Gasteiger partial charge in [-0.1, -0.05) is 38.1 Å². The van der Waals surface area contributed by atoms with Crippen LogP contribution in [-0.4, -0.2) is 23.3 Å². The van der Waals surface area contributed by atoms with Crippen molar-refractivity contribution in [3.8, 4) is 11.3 Å².